The van der Waals surface area contributed by atoms with Crippen LogP contribution in [0.25, 0.3) is 0 Å². The number of carbonyl (C=O) groups excluding carboxylic acids is 2. The van der Waals surface area contributed by atoms with Gasteiger partial charge in [0.25, 0.3) is 0 Å². The van der Waals surface area contributed by atoms with E-state index in [-0.39, 0.29) is 5.69 Å². The number of hydrogen-bond acceptors (Lipinski definition) is 2. The van der Waals surface area contributed by atoms with Gasteiger partial charge in [0.05, 0.1) is 5.69 Å². The molecule has 2 aromatic rings. The molecule has 3 N–H and O–H groups in total. The number of halogens is 1. The third-order valence-electron chi connectivity index (χ3n) is 3.17. The van der Waals surface area contributed by atoms with E-state index < -0.39 is 23.8 Å². The molecule has 1 unspecified atom stereocenters. The van der Waals surface area contributed by atoms with Crippen LogP contribution in [0.3, 0.4) is 0 Å². The number of para-hydroxylation sites is 1. The zero-order chi connectivity index (χ0) is 16.7. The molecular formula is C17H18FN3O2. The van der Waals surface area contributed by atoms with E-state index in [0.717, 1.165) is 5.56 Å². The lowest BCUT2D eigenvalue weighted by molar-refractivity contribution is -0.117. The minimum absolute atomic E-state index is 0.0795. The number of benzene rings is 2. The predicted molar refractivity (Wildman–Crippen MR) is 86.3 cm³/mol. The average Bonchev–Trinajstić information content (AvgIpc) is 2.56. The Morgan fingerprint density at radius 2 is 1.70 bits per heavy atom. The summed E-state index contributed by atoms with van der Waals surface area (Å²) in [5.41, 5.74) is 1.03. The minimum Gasteiger partial charge on any atom is -0.334 e. The van der Waals surface area contributed by atoms with E-state index in [1.807, 2.05) is 30.3 Å². The molecule has 23 heavy (non-hydrogen) atoms. The Hall–Kier alpha value is -2.89. The zero-order valence-corrected chi connectivity index (χ0v) is 12.7. The van der Waals surface area contributed by atoms with Crippen molar-refractivity contribution in [3.8, 4) is 0 Å². The molecule has 0 radical (unpaired) electrons. The molecule has 0 aliphatic heterocycles. The van der Waals surface area contributed by atoms with Crippen molar-refractivity contribution in [2.24, 2.45) is 0 Å². The van der Waals surface area contributed by atoms with E-state index in [1.165, 1.54) is 25.1 Å². The monoisotopic (exact) mass is 315 g/mol. The maximum atomic E-state index is 13.5. The van der Waals surface area contributed by atoms with Gasteiger partial charge in [0.2, 0.25) is 5.91 Å². The highest BCUT2D eigenvalue weighted by molar-refractivity contribution is 5.96. The van der Waals surface area contributed by atoms with Crippen molar-refractivity contribution in [3.63, 3.8) is 0 Å². The molecule has 5 nitrogen and oxygen atoms in total. The van der Waals surface area contributed by atoms with E-state index in [1.54, 1.807) is 6.07 Å². The lowest BCUT2D eigenvalue weighted by Gasteiger charge is -2.15. The highest BCUT2D eigenvalue weighted by atomic mass is 19.1. The third-order valence-corrected chi connectivity index (χ3v) is 3.17. The summed E-state index contributed by atoms with van der Waals surface area (Å²) in [6.07, 6.45) is 0. The second-order valence-corrected chi connectivity index (χ2v) is 5.00. The van der Waals surface area contributed by atoms with Gasteiger partial charge in [0.1, 0.15) is 11.9 Å². The first-order valence-electron chi connectivity index (χ1n) is 7.20. The predicted octanol–water partition coefficient (Wildman–Crippen LogP) is 2.65. The summed E-state index contributed by atoms with van der Waals surface area (Å²) in [6.45, 7) is 1.88. The molecule has 0 aliphatic rings. The van der Waals surface area contributed by atoms with Gasteiger partial charge in [-0.25, -0.2) is 9.18 Å². The largest absolute Gasteiger partial charge is 0.334 e. The van der Waals surface area contributed by atoms with Gasteiger partial charge in [0, 0.05) is 6.54 Å². The fourth-order valence-corrected chi connectivity index (χ4v) is 1.89. The Bertz CT molecular complexity index is 677. The van der Waals surface area contributed by atoms with Crippen molar-refractivity contribution < 1.29 is 14.0 Å². The van der Waals surface area contributed by atoms with Gasteiger partial charge in [-0.1, -0.05) is 42.5 Å². The van der Waals surface area contributed by atoms with Gasteiger partial charge in [0.15, 0.2) is 0 Å². The smallest absolute Gasteiger partial charge is 0.315 e. The fourth-order valence-electron chi connectivity index (χ4n) is 1.89. The van der Waals surface area contributed by atoms with Crippen LogP contribution in [0.1, 0.15) is 12.5 Å². The first-order valence-corrected chi connectivity index (χ1v) is 7.20. The van der Waals surface area contributed by atoms with Crippen molar-refractivity contribution in [1.29, 1.82) is 0 Å². The second kappa shape index (κ2) is 7.93. The lowest BCUT2D eigenvalue weighted by Crippen LogP contribution is -2.46. The van der Waals surface area contributed by atoms with Gasteiger partial charge in [-0.2, -0.15) is 0 Å². The molecule has 0 spiro atoms. The van der Waals surface area contributed by atoms with Crippen LogP contribution in [0.2, 0.25) is 0 Å². The van der Waals surface area contributed by atoms with Crippen LogP contribution in [0.4, 0.5) is 14.9 Å². The summed E-state index contributed by atoms with van der Waals surface area (Å²) < 4.78 is 13.5. The number of carbonyl (C=O) groups is 2. The first kappa shape index (κ1) is 16.5. The van der Waals surface area contributed by atoms with Gasteiger partial charge in [-0.15, -0.1) is 0 Å². The number of urea groups is 1. The van der Waals surface area contributed by atoms with E-state index in [0.29, 0.717) is 6.54 Å². The average molecular weight is 315 g/mol. The van der Waals surface area contributed by atoms with Crippen LogP contribution >= 0.6 is 0 Å². The molecule has 2 rings (SSSR count). The van der Waals surface area contributed by atoms with Crippen LogP contribution in [0.5, 0.6) is 0 Å². The van der Waals surface area contributed by atoms with Crippen LogP contribution in [0, 0.1) is 5.82 Å². The quantitative estimate of drug-likeness (QED) is 0.794. The standard InChI is InChI=1S/C17H18FN3O2/c1-12(16(22)21-15-10-6-5-9-14(15)18)20-17(23)19-11-13-7-3-2-4-8-13/h2-10,12H,11H2,1H3,(H,21,22)(H2,19,20,23). The maximum Gasteiger partial charge on any atom is 0.315 e. The highest BCUT2D eigenvalue weighted by Gasteiger charge is 2.16. The van der Waals surface area contributed by atoms with E-state index in [2.05, 4.69) is 16.0 Å². The number of anilines is 1. The molecule has 0 saturated heterocycles. The summed E-state index contributed by atoms with van der Waals surface area (Å²) in [7, 11) is 0. The van der Waals surface area contributed by atoms with E-state index in [4.69, 9.17) is 0 Å². The molecule has 0 fully saturated rings. The van der Waals surface area contributed by atoms with Crippen LogP contribution in [-0.4, -0.2) is 18.0 Å². The molecule has 0 heterocycles. The topological polar surface area (TPSA) is 70.2 Å². The van der Waals surface area contributed by atoms with E-state index >= 15 is 0 Å². The Labute approximate surface area is 133 Å². The van der Waals surface area contributed by atoms with Crippen LogP contribution < -0.4 is 16.0 Å². The summed E-state index contributed by atoms with van der Waals surface area (Å²) in [5.74, 6) is -1.02. The molecule has 0 aliphatic carbocycles. The Morgan fingerprint density at radius 3 is 2.39 bits per heavy atom. The number of nitrogens with one attached hydrogen (secondary N) is 3. The van der Waals surface area contributed by atoms with Gasteiger partial charge in [-0.05, 0) is 24.6 Å². The SMILES string of the molecule is CC(NC(=O)NCc1ccccc1)C(=O)Nc1ccccc1F. The molecule has 0 saturated carbocycles. The lowest BCUT2D eigenvalue weighted by atomic mass is 10.2. The molecule has 1 atom stereocenters. The maximum absolute atomic E-state index is 13.5. The first-order chi connectivity index (χ1) is 11.1. The van der Waals surface area contributed by atoms with Crippen molar-refractivity contribution in [2.45, 2.75) is 19.5 Å². The molecule has 2 aromatic carbocycles. The normalized spacial score (nSPS) is 11.4. The number of rotatable bonds is 5. The minimum atomic E-state index is -0.801. The Balaban J connectivity index is 1.81. The third kappa shape index (κ3) is 5.10. The van der Waals surface area contributed by atoms with Gasteiger partial charge < -0.3 is 16.0 Å². The summed E-state index contributed by atoms with van der Waals surface area (Å²) in [6, 6.07) is 14.0. The molecule has 0 aromatic heterocycles. The summed E-state index contributed by atoms with van der Waals surface area (Å²) >= 11 is 0. The molecule has 120 valence electrons. The fraction of sp³-hybridized carbons (Fsp3) is 0.176. The second-order valence-electron chi connectivity index (χ2n) is 5.00. The highest BCUT2D eigenvalue weighted by Crippen LogP contribution is 2.12. The molecule has 3 amide bonds. The number of hydrogen-bond donors (Lipinski definition) is 3. The van der Waals surface area contributed by atoms with Crippen LogP contribution in [-0.2, 0) is 11.3 Å². The van der Waals surface area contributed by atoms with Crippen molar-refractivity contribution in [2.75, 3.05) is 5.32 Å². The van der Waals surface area contributed by atoms with Gasteiger partial charge in [-0.3, -0.25) is 4.79 Å². The number of amides is 3. The Morgan fingerprint density at radius 1 is 1.04 bits per heavy atom. The summed E-state index contributed by atoms with van der Waals surface area (Å²) in [5, 5.41) is 7.59. The zero-order valence-electron chi connectivity index (χ0n) is 12.7. The molecular weight excluding hydrogens is 297 g/mol. The van der Waals surface area contributed by atoms with Crippen molar-refractivity contribution >= 4 is 17.6 Å². The molecule has 6 heteroatoms. The Kier molecular flexibility index (Phi) is 5.68. The van der Waals surface area contributed by atoms with Crippen molar-refractivity contribution in [1.82, 2.24) is 10.6 Å². The van der Waals surface area contributed by atoms with Crippen molar-refractivity contribution in [3.05, 3.63) is 66.0 Å². The van der Waals surface area contributed by atoms with Gasteiger partial charge >= 0.3 is 6.03 Å². The van der Waals surface area contributed by atoms with E-state index in [9.17, 15) is 14.0 Å². The molecule has 0 bridgehead atoms. The summed E-state index contributed by atoms with van der Waals surface area (Å²) in [4.78, 5) is 23.7. The van der Waals surface area contributed by atoms with Crippen LogP contribution in [0.15, 0.2) is 54.6 Å².